The molecule has 0 radical (unpaired) electrons. The van der Waals surface area contributed by atoms with Crippen molar-refractivity contribution in [3.63, 3.8) is 0 Å². The second-order valence-electron chi connectivity index (χ2n) is 6.46. The number of ether oxygens (including phenoxy) is 1. The highest BCUT2D eigenvalue weighted by Gasteiger charge is 2.14. The second-order valence-corrected chi connectivity index (χ2v) is 8.15. The van der Waals surface area contributed by atoms with Crippen LogP contribution in [0.1, 0.15) is 11.1 Å². The molecule has 142 valence electrons. The Kier molecular flexibility index (Phi) is 4.75. The van der Waals surface area contributed by atoms with Crippen molar-refractivity contribution in [1.82, 2.24) is 9.61 Å². The number of rotatable bonds is 6. The van der Waals surface area contributed by atoms with Gasteiger partial charge in [0.2, 0.25) is 5.88 Å². The van der Waals surface area contributed by atoms with Crippen LogP contribution in [0.15, 0.2) is 83.9 Å². The van der Waals surface area contributed by atoms with Gasteiger partial charge in [-0.3, -0.25) is 4.72 Å². The van der Waals surface area contributed by atoms with Gasteiger partial charge in [-0.1, -0.05) is 48.0 Å². The summed E-state index contributed by atoms with van der Waals surface area (Å²) in [4.78, 5) is 0.213. The van der Waals surface area contributed by atoms with Crippen molar-refractivity contribution in [3.8, 4) is 5.88 Å². The number of nitrogens with one attached hydrogen (secondary N) is 1. The van der Waals surface area contributed by atoms with Gasteiger partial charge in [0.15, 0.2) is 0 Å². The van der Waals surface area contributed by atoms with Crippen molar-refractivity contribution in [1.29, 1.82) is 0 Å². The van der Waals surface area contributed by atoms with Crippen molar-refractivity contribution in [3.05, 3.63) is 90.1 Å². The summed E-state index contributed by atoms with van der Waals surface area (Å²) in [5.41, 5.74) is 3.28. The van der Waals surface area contributed by atoms with Crippen LogP contribution in [0.3, 0.4) is 0 Å². The van der Waals surface area contributed by atoms with E-state index in [2.05, 4.69) is 9.82 Å². The standard InChI is InChI=1S/C21H19N3O3S/c1-16-7-11-20(12-8-16)28(25,26)23-18-9-10-19-13-21(22-24(19)14-18)27-15-17-5-3-2-4-6-17/h2-14,23H,15H2,1H3. The third-order valence-corrected chi connectivity index (χ3v) is 5.65. The van der Waals surface area contributed by atoms with E-state index < -0.39 is 10.0 Å². The molecule has 0 amide bonds. The Morgan fingerprint density at radius 1 is 1.00 bits per heavy atom. The highest BCUT2D eigenvalue weighted by Crippen LogP contribution is 2.20. The SMILES string of the molecule is Cc1ccc(S(=O)(=O)Nc2ccc3cc(OCc4ccccc4)nn3c2)cc1. The number of sulfonamides is 1. The molecule has 0 unspecified atom stereocenters. The number of aryl methyl sites for hydroxylation is 1. The number of anilines is 1. The predicted octanol–water partition coefficient (Wildman–Crippen LogP) is 4.02. The van der Waals surface area contributed by atoms with Crippen LogP contribution in [-0.2, 0) is 16.6 Å². The van der Waals surface area contributed by atoms with Crippen molar-refractivity contribution < 1.29 is 13.2 Å². The lowest BCUT2D eigenvalue weighted by Gasteiger charge is -2.08. The minimum atomic E-state index is -3.66. The average molecular weight is 393 g/mol. The van der Waals surface area contributed by atoms with Gasteiger partial charge in [0.05, 0.1) is 22.3 Å². The molecule has 0 saturated heterocycles. The molecule has 6 nitrogen and oxygen atoms in total. The molecular formula is C21H19N3O3S. The minimum absolute atomic E-state index is 0.213. The summed E-state index contributed by atoms with van der Waals surface area (Å²) in [6, 6.07) is 21.8. The first-order valence-electron chi connectivity index (χ1n) is 8.75. The first-order chi connectivity index (χ1) is 13.5. The summed E-state index contributed by atoms with van der Waals surface area (Å²) in [7, 11) is -3.66. The van der Waals surface area contributed by atoms with E-state index in [0.29, 0.717) is 18.2 Å². The number of hydrogen-bond acceptors (Lipinski definition) is 4. The molecular weight excluding hydrogens is 374 g/mol. The van der Waals surface area contributed by atoms with Crippen molar-refractivity contribution in [2.24, 2.45) is 0 Å². The summed E-state index contributed by atoms with van der Waals surface area (Å²) in [6.45, 7) is 2.32. The summed E-state index contributed by atoms with van der Waals surface area (Å²) >= 11 is 0. The third kappa shape index (κ3) is 3.99. The Bertz CT molecular complexity index is 1200. The van der Waals surface area contributed by atoms with Crippen LogP contribution in [0.4, 0.5) is 5.69 Å². The highest BCUT2D eigenvalue weighted by molar-refractivity contribution is 7.92. The Morgan fingerprint density at radius 3 is 2.50 bits per heavy atom. The molecule has 4 rings (SSSR count). The van der Waals surface area contributed by atoms with Crippen LogP contribution in [0, 0.1) is 6.92 Å². The molecule has 28 heavy (non-hydrogen) atoms. The zero-order valence-electron chi connectivity index (χ0n) is 15.2. The zero-order chi connectivity index (χ0) is 19.6. The molecule has 2 aromatic carbocycles. The molecule has 0 saturated carbocycles. The van der Waals surface area contributed by atoms with Gasteiger partial charge < -0.3 is 4.74 Å². The second kappa shape index (κ2) is 7.36. The number of benzene rings is 2. The van der Waals surface area contributed by atoms with E-state index in [9.17, 15) is 8.42 Å². The zero-order valence-corrected chi connectivity index (χ0v) is 16.1. The van der Waals surface area contributed by atoms with Gasteiger partial charge in [0, 0.05) is 6.07 Å². The lowest BCUT2D eigenvalue weighted by molar-refractivity contribution is 0.292. The van der Waals surface area contributed by atoms with Gasteiger partial charge in [-0.2, -0.15) is 0 Å². The maximum Gasteiger partial charge on any atom is 0.261 e. The fourth-order valence-corrected chi connectivity index (χ4v) is 3.80. The average Bonchev–Trinajstić information content (AvgIpc) is 3.09. The number of hydrogen-bond donors (Lipinski definition) is 1. The lowest BCUT2D eigenvalue weighted by Crippen LogP contribution is -2.13. The Balaban J connectivity index is 1.52. The van der Waals surface area contributed by atoms with E-state index in [1.807, 2.05) is 37.3 Å². The molecule has 0 bridgehead atoms. The van der Waals surface area contributed by atoms with E-state index in [-0.39, 0.29) is 4.90 Å². The molecule has 0 aliphatic rings. The first kappa shape index (κ1) is 18.1. The summed E-state index contributed by atoms with van der Waals surface area (Å²) < 4.78 is 35.0. The molecule has 0 spiro atoms. The summed E-state index contributed by atoms with van der Waals surface area (Å²) in [5, 5.41) is 4.36. The first-order valence-corrected chi connectivity index (χ1v) is 10.2. The number of aromatic nitrogens is 2. The normalized spacial score (nSPS) is 11.5. The van der Waals surface area contributed by atoms with E-state index in [1.165, 1.54) is 0 Å². The van der Waals surface area contributed by atoms with Gasteiger partial charge in [-0.25, -0.2) is 12.9 Å². The molecule has 1 N–H and O–H groups in total. The van der Waals surface area contributed by atoms with E-state index >= 15 is 0 Å². The molecule has 4 aromatic rings. The molecule has 0 fully saturated rings. The summed E-state index contributed by atoms with van der Waals surface area (Å²) in [5.74, 6) is 0.474. The highest BCUT2D eigenvalue weighted by atomic mass is 32.2. The van der Waals surface area contributed by atoms with Crippen LogP contribution in [0.2, 0.25) is 0 Å². The molecule has 0 aliphatic heterocycles. The van der Waals surface area contributed by atoms with Crippen molar-refractivity contribution in [2.75, 3.05) is 4.72 Å². The van der Waals surface area contributed by atoms with E-state index in [4.69, 9.17) is 4.74 Å². The fraction of sp³-hybridized carbons (Fsp3) is 0.0952. The Labute approximate surface area is 163 Å². The maximum absolute atomic E-state index is 12.5. The molecule has 2 aromatic heterocycles. The molecule has 0 aliphatic carbocycles. The van der Waals surface area contributed by atoms with Gasteiger partial charge in [0.25, 0.3) is 10.0 Å². The smallest absolute Gasteiger partial charge is 0.261 e. The van der Waals surface area contributed by atoms with Gasteiger partial charge in [-0.15, -0.1) is 5.10 Å². The fourth-order valence-electron chi connectivity index (χ4n) is 2.76. The number of nitrogens with zero attached hydrogens (tertiary/aromatic N) is 2. The van der Waals surface area contributed by atoms with E-state index in [0.717, 1.165) is 16.6 Å². The Morgan fingerprint density at radius 2 is 1.75 bits per heavy atom. The number of fused-ring (bicyclic) bond motifs is 1. The van der Waals surface area contributed by atoms with Gasteiger partial charge in [0.1, 0.15) is 6.61 Å². The minimum Gasteiger partial charge on any atom is -0.472 e. The van der Waals surface area contributed by atoms with Crippen LogP contribution in [-0.4, -0.2) is 18.0 Å². The monoisotopic (exact) mass is 393 g/mol. The van der Waals surface area contributed by atoms with Crippen LogP contribution in [0.25, 0.3) is 5.52 Å². The van der Waals surface area contributed by atoms with Crippen molar-refractivity contribution in [2.45, 2.75) is 18.4 Å². The molecule has 7 heteroatoms. The van der Waals surface area contributed by atoms with Gasteiger partial charge >= 0.3 is 0 Å². The molecule has 0 atom stereocenters. The molecule has 2 heterocycles. The van der Waals surface area contributed by atoms with Gasteiger partial charge in [-0.05, 0) is 36.8 Å². The van der Waals surface area contributed by atoms with Crippen LogP contribution in [0.5, 0.6) is 5.88 Å². The van der Waals surface area contributed by atoms with E-state index in [1.54, 1.807) is 53.2 Å². The third-order valence-electron chi connectivity index (χ3n) is 4.25. The Hall–Kier alpha value is -3.32. The summed E-state index contributed by atoms with van der Waals surface area (Å²) in [6.07, 6.45) is 1.62. The predicted molar refractivity (Wildman–Crippen MR) is 108 cm³/mol. The van der Waals surface area contributed by atoms with Crippen LogP contribution >= 0.6 is 0 Å². The quantitative estimate of drug-likeness (QED) is 0.537. The van der Waals surface area contributed by atoms with Crippen LogP contribution < -0.4 is 9.46 Å². The topological polar surface area (TPSA) is 72.7 Å². The lowest BCUT2D eigenvalue weighted by atomic mass is 10.2. The maximum atomic E-state index is 12.5. The largest absolute Gasteiger partial charge is 0.472 e. The van der Waals surface area contributed by atoms with Crippen molar-refractivity contribution >= 4 is 21.2 Å². The number of pyridine rings is 1.